The van der Waals surface area contributed by atoms with Crippen LogP contribution >= 0.6 is 15.9 Å². The summed E-state index contributed by atoms with van der Waals surface area (Å²) in [6.45, 7) is 5.63. The molecule has 2 heterocycles. The molecule has 2 aliphatic heterocycles. The maximum Gasteiger partial charge on any atom is 0.337 e. The predicted molar refractivity (Wildman–Crippen MR) is 106 cm³/mol. The second-order valence-electron chi connectivity index (χ2n) is 7.45. The minimum atomic E-state index is -0.515. The maximum atomic E-state index is 13.0. The van der Waals surface area contributed by atoms with Crippen molar-refractivity contribution in [3.63, 3.8) is 0 Å². The minimum Gasteiger partial charge on any atom is -0.460 e. The number of fused-ring (bicyclic) bond motifs is 1. The zero-order chi connectivity index (χ0) is 20.0. The van der Waals surface area contributed by atoms with E-state index in [1.165, 1.54) is 0 Å². The smallest absolute Gasteiger partial charge is 0.337 e. The number of rotatable bonds is 3. The molecule has 0 fully saturated rings. The number of dihydropyridines is 1. The van der Waals surface area contributed by atoms with Crippen molar-refractivity contribution >= 4 is 27.7 Å². The quantitative estimate of drug-likeness (QED) is 0.703. The predicted octanol–water partition coefficient (Wildman–Crippen LogP) is 4.10. The summed E-state index contributed by atoms with van der Waals surface area (Å²) in [5.74, 6) is 0.376. The summed E-state index contributed by atoms with van der Waals surface area (Å²) in [5.41, 5.74) is 3.51. The lowest BCUT2D eigenvalue weighted by Gasteiger charge is -2.34. The standard InChI is InChI=1S/C21H22BrNO5/c1-10(2)28-21(25)18-11(3)23-14-5-4-6-15(24)20(14)19(18)12-7-16-17(8-13(12)22)27-9-26-16/h7-8,10,19,23H,4-6,9H2,1-3H3/t19-/m0/s1. The molecular formula is C21H22BrNO5. The van der Waals surface area contributed by atoms with E-state index in [-0.39, 0.29) is 18.7 Å². The van der Waals surface area contributed by atoms with Crippen LogP contribution < -0.4 is 14.8 Å². The van der Waals surface area contributed by atoms with Crippen LogP contribution in [0.25, 0.3) is 0 Å². The molecule has 0 radical (unpaired) electrons. The fraction of sp³-hybridized carbons (Fsp3) is 0.429. The van der Waals surface area contributed by atoms with E-state index in [1.807, 2.05) is 32.9 Å². The number of nitrogens with one attached hydrogen (secondary N) is 1. The number of ether oxygens (including phenoxy) is 3. The van der Waals surface area contributed by atoms with Gasteiger partial charge in [-0.1, -0.05) is 15.9 Å². The van der Waals surface area contributed by atoms with Crippen LogP contribution in [0, 0.1) is 0 Å². The summed E-state index contributed by atoms with van der Waals surface area (Å²) in [6, 6.07) is 3.68. The molecule has 7 heteroatoms. The fourth-order valence-corrected chi connectivity index (χ4v) is 4.55. The van der Waals surface area contributed by atoms with Gasteiger partial charge in [0.15, 0.2) is 17.3 Å². The first-order valence-electron chi connectivity index (χ1n) is 9.41. The maximum absolute atomic E-state index is 13.0. The zero-order valence-electron chi connectivity index (χ0n) is 16.1. The van der Waals surface area contributed by atoms with Gasteiger partial charge < -0.3 is 19.5 Å². The number of esters is 1. The van der Waals surface area contributed by atoms with Gasteiger partial charge in [-0.05, 0) is 51.3 Å². The van der Waals surface area contributed by atoms with Crippen molar-refractivity contribution in [1.29, 1.82) is 0 Å². The van der Waals surface area contributed by atoms with Crippen LogP contribution in [0.1, 0.15) is 51.5 Å². The summed E-state index contributed by atoms with van der Waals surface area (Å²) in [6.07, 6.45) is 1.80. The van der Waals surface area contributed by atoms with E-state index >= 15 is 0 Å². The second-order valence-corrected chi connectivity index (χ2v) is 8.30. The number of carbonyl (C=O) groups is 2. The second kappa shape index (κ2) is 7.28. The van der Waals surface area contributed by atoms with E-state index in [2.05, 4.69) is 21.2 Å². The Morgan fingerprint density at radius 1 is 1.25 bits per heavy atom. The van der Waals surface area contributed by atoms with Crippen molar-refractivity contribution in [1.82, 2.24) is 5.32 Å². The molecule has 0 saturated carbocycles. The Morgan fingerprint density at radius 2 is 1.96 bits per heavy atom. The number of hydrogen-bond donors (Lipinski definition) is 1. The summed E-state index contributed by atoms with van der Waals surface area (Å²) < 4.78 is 17.3. The summed E-state index contributed by atoms with van der Waals surface area (Å²) in [7, 11) is 0. The lowest BCUT2D eigenvalue weighted by Crippen LogP contribution is -2.35. The number of benzene rings is 1. The fourth-order valence-electron chi connectivity index (χ4n) is 4.00. The van der Waals surface area contributed by atoms with Crippen LogP contribution in [0.3, 0.4) is 0 Å². The molecule has 148 valence electrons. The van der Waals surface area contributed by atoms with E-state index in [9.17, 15) is 9.59 Å². The van der Waals surface area contributed by atoms with Crippen LogP contribution in [-0.4, -0.2) is 24.6 Å². The Balaban J connectivity index is 1.89. The molecule has 3 aliphatic rings. The van der Waals surface area contributed by atoms with Gasteiger partial charge in [0.05, 0.1) is 11.7 Å². The largest absolute Gasteiger partial charge is 0.460 e. The van der Waals surface area contributed by atoms with Crippen molar-refractivity contribution in [3.8, 4) is 11.5 Å². The number of ketones is 1. The molecule has 4 rings (SSSR count). The number of halogens is 1. The van der Waals surface area contributed by atoms with E-state index in [0.29, 0.717) is 34.8 Å². The van der Waals surface area contributed by atoms with E-state index in [4.69, 9.17) is 14.2 Å². The molecule has 1 aromatic carbocycles. The molecule has 0 spiro atoms. The monoisotopic (exact) mass is 447 g/mol. The highest BCUT2D eigenvalue weighted by Crippen LogP contribution is 2.48. The highest BCUT2D eigenvalue weighted by atomic mass is 79.9. The van der Waals surface area contributed by atoms with Gasteiger partial charge in [0, 0.05) is 33.8 Å². The highest BCUT2D eigenvalue weighted by Gasteiger charge is 2.40. The van der Waals surface area contributed by atoms with E-state index < -0.39 is 11.9 Å². The zero-order valence-corrected chi connectivity index (χ0v) is 17.6. The van der Waals surface area contributed by atoms with Crippen molar-refractivity contribution < 1.29 is 23.8 Å². The lowest BCUT2D eigenvalue weighted by atomic mass is 9.75. The molecule has 0 unspecified atom stereocenters. The SMILES string of the molecule is CC1=C(C(=O)OC(C)C)[C@H](c2cc3c(cc2Br)OCO3)C2=C(CCCC2=O)N1. The van der Waals surface area contributed by atoms with Gasteiger partial charge >= 0.3 is 5.97 Å². The van der Waals surface area contributed by atoms with Gasteiger partial charge in [-0.25, -0.2) is 4.79 Å². The van der Waals surface area contributed by atoms with Crippen molar-refractivity contribution in [2.24, 2.45) is 0 Å². The van der Waals surface area contributed by atoms with Crippen molar-refractivity contribution in [2.45, 2.75) is 52.1 Å². The summed E-state index contributed by atoms with van der Waals surface area (Å²) in [5, 5.41) is 3.29. The van der Waals surface area contributed by atoms with Crippen LogP contribution in [-0.2, 0) is 14.3 Å². The number of Topliss-reactive ketones (excluding diaryl/α,β-unsaturated/α-hetero) is 1. The summed E-state index contributed by atoms with van der Waals surface area (Å²) >= 11 is 3.60. The first kappa shape index (κ1) is 19.1. The molecule has 0 aromatic heterocycles. The molecule has 6 nitrogen and oxygen atoms in total. The average Bonchev–Trinajstić information content (AvgIpc) is 3.06. The Kier molecular flexibility index (Phi) is 4.95. The van der Waals surface area contributed by atoms with Gasteiger partial charge in [0.2, 0.25) is 6.79 Å². The minimum absolute atomic E-state index is 0.0608. The topological polar surface area (TPSA) is 73.9 Å². The molecule has 1 N–H and O–H groups in total. The summed E-state index contributed by atoms with van der Waals surface area (Å²) in [4.78, 5) is 25.9. The van der Waals surface area contributed by atoms with Gasteiger partial charge in [-0.15, -0.1) is 0 Å². The molecule has 1 aromatic rings. The Bertz CT molecular complexity index is 931. The number of carbonyl (C=O) groups excluding carboxylic acids is 2. The number of hydrogen-bond acceptors (Lipinski definition) is 6. The third kappa shape index (κ3) is 3.21. The molecule has 0 amide bonds. The molecular weight excluding hydrogens is 426 g/mol. The molecule has 0 bridgehead atoms. The van der Waals surface area contributed by atoms with E-state index in [1.54, 1.807) is 0 Å². The first-order valence-corrected chi connectivity index (χ1v) is 10.2. The van der Waals surface area contributed by atoms with Crippen LogP contribution in [0.2, 0.25) is 0 Å². The van der Waals surface area contributed by atoms with Gasteiger partial charge in [0.1, 0.15) is 0 Å². The molecule has 1 atom stereocenters. The lowest BCUT2D eigenvalue weighted by molar-refractivity contribution is -0.143. The Morgan fingerprint density at radius 3 is 2.68 bits per heavy atom. The van der Waals surface area contributed by atoms with Gasteiger partial charge in [0.25, 0.3) is 0 Å². The Hall–Kier alpha value is -2.28. The van der Waals surface area contributed by atoms with Crippen molar-refractivity contribution in [2.75, 3.05) is 6.79 Å². The van der Waals surface area contributed by atoms with Gasteiger partial charge in [-0.2, -0.15) is 0 Å². The molecule has 28 heavy (non-hydrogen) atoms. The van der Waals surface area contributed by atoms with E-state index in [0.717, 1.165) is 28.6 Å². The third-order valence-electron chi connectivity index (χ3n) is 5.14. The van der Waals surface area contributed by atoms with Gasteiger partial charge in [-0.3, -0.25) is 4.79 Å². The van der Waals surface area contributed by atoms with Crippen LogP contribution in [0.5, 0.6) is 11.5 Å². The van der Waals surface area contributed by atoms with Crippen LogP contribution in [0.4, 0.5) is 0 Å². The highest BCUT2D eigenvalue weighted by molar-refractivity contribution is 9.10. The average molecular weight is 448 g/mol. The normalized spacial score (nSPS) is 21.0. The third-order valence-corrected chi connectivity index (χ3v) is 5.83. The Labute approximate surface area is 172 Å². The van der Waals surface area contributed by atoms with Crippen LogP contribution in [0.15, 0.2) is 39.1 Å². The number of allylic oxidation sites excluding steroid dienone is 3. The van der Waals surface area contributed by atoms with Crippen molar-refractivity contribution in [3.05, 3.63) is 44.7 Å². The molecule has 1 aliphatic carbocycles. The molecule has 0 saturated heterocycles. The first-order chi connectivity index (χ1) is 13.4.